The number of aromatic nitrogens is 2. The molecule has 0 aliphatic carbocycles. The van der Waals surface area contributed by atoms with Crippen molar-refractivity contribution in [3.8, 4) is 0 Å². The van der Waals surface area contributed by atoms with Gasteiger partial charge in [-0.25, -0.2) is 4.98 Å². The topological polar surface area (TPSA) is 55.9 Å². The van der Waals surface area contributed by atoms with Crippen molar-refractivity contribution in [2.45, 2.75) is 19.9 Å². The second-order valence-corrected chi connectivity index (χ2v) is 5.52. The average molecular weight is 246 g/mol. The Bertz CT molecular complexity index is 542. The highest BCUT2D eigenvalue weighted by molar-refractivity contribution is 5.76. The number of rotatable bonds is 4. The van der Waals surface area contributed by atoms with E-state index in [0.717, 1.165) is 11.0 Å². The minimum atomic E-state index is 0.0111. The Balaban J connectivity index is 2.46. The van der Waals surface area contributed by atoms with Crippen LogP contribution in [0.3, 0.4) is 0 Å². The lowest BCUT2D eigenvalue weighted by atomic mass is 9.80. The number of imidazole rings is 1. The molecule has 18 heavy (non-hydrogen) atoms. The molecule has 2 rings (SSSR count). The number of fused-ring (bicyclic) bond motifs is 1. The van der Waals surface area contributed by atoms with E-state index in [-0.39, 0.29) is 11.5 Å². The van der Waals surface area contributed by atoms with Gasteiger partial charge in [0.25, 0.3) is 0 Å². The Kier molecular flexibility index (Phi) is 3.41. The molecule has 1 aromatic heterocycles. The molecule has 1 heterocycles. The first-order chi connectivity index (χ1) is 8.49. The molecule has 0 amide bonds. The maximum atomic E-state index is 5.88. The van der Waals surface area contributed by atoms with Crippen molar-refractivity contribution in [1.82, 2.24) is 14.9 Å². The zero-order valence-corrected chi connectivity index (χ0v) is 11.6. The third-order valence-electron chi connectivity index (χ3n) is 3.68. The molecule has 1 atom stereocenters. The molecule has 4 nitrogen and oxygen atoms in total. The monoisotopic (exact) mass is 246 g/mol. The summed E-state index contributed by atoms with van der Waals surface area (Å²) in [7, 11) is 3.99. The van der Waals surface area contributed by atoms with Crippen molar-refractivity contribution >= 4 is 11.0 Å². The predicted molar refractivity (Wildman–Crippen MR) is 75.4 cm³/mol. The van der Waals surface area contributed by atoms with E-state index < -0.39 is 0 Å². The van der Waals surface area contributed by atoms with E-state index in [4.69, 9.17) is 5.73 Å². The Morgan fingerprint density at radius 3 is 2.78 bits per heavy atom. The van der Waals surface area contributed by atoms with E-state index >= 15 is 0 Å². The minimum absolute atomic E-state index is 0.0111. The van der Waals surface area contributed by atoms with Crippen LogP contribution in [0.4, 0.5) is 0 Å². The summed E-state index contributed by atoms with van der Waals surface area (Å²) < 4.78 is 2.03. The van der Waals surface area contributed by atoms with Crippen LogP contribution in [0.2, 0.25) is 0 Å². The first-order valence-corrected chi connectivity index (χ1v) is 6.28. The van der Waals surface area contributed by atoms with E-state index in [2.05, 4.69) is 42.3 Å². The van der Waals surface area contributed by atoms with Crippen molar-refractivity contribution < 1.29 is 0 Å². The van der Waals surface area contributed by atoms with Gasteiger partial charge in [0.05, 0.1) is 17.4 Å². The van der Waals surface area contributed by atoms with Gasteiger partial charge in [0, 0.05) is 13.1 Å². The summed E-state index contributed by atoms with van der Waals surface area (Å²) in [5.41, 5.74) is 9.31. The fourth-order valence-electron chi connectivity index (χ4n) is 2.46. The van der Waals surface area contributed by atoms with Gasteiger partial charge in [-0.1, -0.05) is 19.9 Å². The van der Waals surface area contributed by atoms with E-state index in [1.165, 1.54) is 5.56 Å². The second kappa shape index (κ2) is 4.71. The molecule has 0 spiro atoms. The minimum Gasteiger partial charge on any atom is -0.334 e. The Labute approximate surface area is 108 Å². The highest BCUT2D eigenvalue weighted by Gasteiger charge is 2.28. The second-order valence-electron chi connectivity index (χ2n) is 5.52. The zero-order valence-electron chi connectivity index (χ0n) is 11.6. The Morgan fingerprint density at radius 1 is 1.44 bits per heavy atom. The van der Waals surface area contributed by atoms with Crippen LogP contribution < -0.4 is 11.1 Å². The number of benzene rings is 1. The van der Waals surface area contributed by atoms with Gasteiger partial charge in [0.15, 0.2) is 0 Å². The largest absolute Gasteiger partial charge is 0.334 e. The highest BCUT2D eigenvalue weighted by atomic mass is 15.0. The normalized spacial score (nSPS) is 14.1. The van der Waals surface area contributed by atoms with Crippen LogP contribution in [0.15, 0.2) is 24.5 Å². The molecule has 4 heteroatoms. The number of nitrogens with one attached hydrogen (secondary N) is 1. The van der Waals surface area contributed by atoms with Crippen molar-refractivity contribution in [3.63, 3.8) is 0 Å². The van der Waals surface area contributed by atoms with Crippen molar-refractivity contribution in [3.05, 3.63) is 30.1 Å². The van der Waals surface area contributed by atoms with Crippen LogP contribution >= 0.6 is 0 Å². The molecule has 0 fully saturated rings. The summed E-state index contributed by atoms with van der Waals surface area (Å²) in [5.74, 6) is 0. The Morgan fingerprint density at radius 2 is 2.17 bits per heavy atom. The summed E-state index contributed by atoms with van der Waals surface area (Å²) in [6.45, 7) is 4.99. The molecule has 0 radical (unpaired) electrons. The number of nitrogens with two attached hydrogens (primary N) is 1. The standard InChI is InChI=1S/C14H22N4/c1-14(2,8-15)13(16-3)10-5-6-12-11(7-10)17-9-18(12)4/h5-7,9,13,16H,8,15H2,1-4H3. The lowest BCUT2D eigenvalue weighted by Crippen LogP contribution is -2.37. The van der Waals surface area contributed by atoms with Gasteiger partial charge in [-0.05, 0) is 36.7 Å². The summed E-state index contributed by atoms with van der Waals surface area (Å²) in [6, 6.07) is 6.65. The number of nitrogens with zero attached hydrogens (tertiary/aromatic N) is 2. The first kappa shape index (κ1) is 13.1. The molecule has 98 valence electrons. The van der Waals surface area contributed by atoms with Gasteiger partial charge in [-0.3, -0.25) is 0 Å². The maximum absolute atomic E-state index is 5.88. The molecule has 0 saturated heterocycles. The molecule has 3 N–H and O–H groups in total. The van der Waals surface area contributed by atoms with Crippen LogP contribution in [-0.2, 0) is 7.05 Å². The maximum Gasteiger partial charge on any atom is 0.0955 e. The van der Waals surface area contributed by atoms with Crippen molar-refractivity contribution in [1.29, 1.82) is 0 Å². The van der Waals surface area contributed by atoms with E-state index in [0.29, 0.717) is 6.54 Å². The molecule has 0 aliphatic heterocycles. The van der Waals surface area contributed by atoms with Gasteiger partial charge in [0.2, 0.25) is 0 Å². The van der Waals surface area contributed by atoms with E-state index in [1.54, 1.807) is 0 Å². The number of hydrogen-bond acceptors (Lipinski definition) is 3. The van der Waals surface area contributed by atoms with Gasteiger partial charge >= 0.3 is 0 Å². The summed E-state index contributed by atoms with van der Waals surface area (Å²) >= 11 is 0. The fraction of sp³-hybridized carbons (Fsp3) is 0.500. The molecule has 2 aromatic rings. The smallest absolute Gasteiger partial charge is 0.0955 e. The third-order valence-corrected chi connectivity index (χ3v) is 3.68. The Hall–Kier alpha value is -1.39. The molecule has 1 aromatic carbocycles. The SMILES string of the molecule is CNC(c1ccc2c(c1)ncn2C)C(C)(C)CN. The highest BCUT2D eigenvalue weighted by Crippen LogP contribution is 2.33. The molecular formula is C14H22N4. The van der Waals surface area contributed by atoms with Gasteiger partial charge in [0.1, 0.15) is 0 Å². The summed E-state index contributed by atoms with van der Waals surface area (Å²) in [4.78, 5) is 4.41. The van der Waals surface area contributed by atoms with Gasteiger partial charge < -0.3 is 15.6 Å². The van der Waals surface area contributed by atoms with Crippen molar-refractivity contribution in [2.75, 3.05) is 13.6 Å². The van der Waals surface area contributed by atoms with Crippen LogP contribution in [0.5, 0.6) is 0 Å². The summed E-state index contributed by atoms with van der Waals surface area (Å²) in [5, 5.41) is 3.37. The van der Waals surface area contributed by atoms with Gasteiger partial charge in [-0.15, -0.1) is 0 Å². The van der Waals surface area contributed by atoms with Crippen LogP contribution in [0, 0.1) is 5.41 Å². The third kappa shape index (κ3) is 2.13. The number of hydrogen-bond donors (Lipinski definition) is 2. The van der Waals surface area contributed by atoms with Crippen molar-refractivity contribution in [2.24, 2.45) is 18.2 Å². The molecule has 0 aliphatic rings. The van der Waals surface area contributed by atoms with Gasteiger partial charge in [-0.2, -0.15) is 0 Å². The molecule has 1 unspecified atom stereocenters. The lowest BCUT2D eigenvalue weighted by Gasteiger charge is -2.33. The fourth-order valence-corrected chi connectivity index (χ4v) is 2.46. The van der Waals surface area contributed by atoms with E-state index in [1.807, 2.05) is 25.0 Å². The average Bonchev–Trinajstić information content (AvgIpc) is 2.71. The van der Waals surface area contributed by atoms with Crippen LogP contribution in [0.25, 0.3) is 11.0 Å². The molecule has 0 bridgehead atoms. The lowest BCUT2D eigenvalue weighted by molar-refractivity contribution is 0.266. The molecule has 0 saturated carbocycles. The molecular weight excluding hydrogens is 224 g/mol. The van der Waals surface area contributed by atoms with Crippen LogP contribution in [0.1, 0.15) is 25.5 Å². The summed E-state index contributed by atoms with van der Waals surface area (Å²) in [6.07, 6.45) is 1.84. The quantitative estimate of drug-likeness (QED) is 0.865. The van der Waals surface area contributed by atoms with Crippen LogP contribution in [-0.4, -0.2) is 23.1 Å². The predicted octanol–water partition coefficient (Wildman–Crippen LogP) is 1.82. The zero-order chi connectivity index (χ0) is 13.3. The van der Waals surface area contributed by atoms with E-state index in [9.17, 15) is 0 Å². The number of aryl methyl sites for hydroxylation is 1. The first-order valence-electron chi connectivity index (χ1n) is 6.28.